The van der Waals surface area contributed by atoms with Gasteiger partial charge in [0.25, 0.3) is 0 Å². The van der Waals surface area contributed by atoms with Crippen molar-refractivity contribution in [1.29, 1.82) is 0 Å². The zero-order chi connectivity index (χ0) is 16.9. The Morgan fingerprint density at radius 2 is 2.25 bits per heavy atom. The van der Waals surface area contributed by atoms with E-state index < -0.39 is 0 Å². The topological polar surface area (TPSA) is 57.3 Å². The van der Waals surface area contributed by atoms with Crippen LogP contribution in [0.1, 0.15) is 24.0 Å². The number of piperidine rings is 1. The number of anilines is 2. The van der Waals surface area contributed by atoms with Gasteiger partial charge in [0, 0.05) is 36.9 Å². The van der Waals surface area contributed by atoms with Gasteiger partial charge in [-0.05, 0) is 55.9 Å². The van der Waals surface area contributed by atoms with Crippen molar-refractivity contribution in [3.8, 4) is 0 Å². The molecule has 0 spiro atoms. The predicted molar refractivity (Wildman–Crippen MR) is 100.0 cm³/mol. The molecule has 1 fully saturated rings. The number of benzene rings is 1. The molecule has 3 rings (SSSR count). The van der Waals surface area contributed by atoms with Gasteiger partial charge in [-0.25, -0.2) is 9.78 Å². The molecule has 2 N–H and O–H groups in total. The van der Waals surface area contributed by atoms with Gasteiger partial charge in [0.2, 0.25) is 0 Å². The number of hydrogen-bond donors (Lipinski definition) is 2. The van der Waals surface area contributed by atoms with Gasteiger partial charge in [0.1, 0.15) is 0 Å². The largest absolute Gasteiger partial charge is 0.348 e. The summed E-state index contributed by atoms with van der Waals surface area (Å²) < 4.78 is 0. The molecular formula is C18H24N4OS. The second-order valence-electron chi connectivity index (χ2n) is 6.40. The lowest BCUT2D eigenvalue weighted by Gasteiger charge is -2.32. The van der Waals surface area contributed by atoms with E-state index in [2.05, 4.69) is 27.4 Å². The quantitative estimate of drug-likeness (QED) is 0.887. The molecule has 128 valence electrons. The fourth-order valence-electron chi connectivity index (χ4n) is 3.01. The molecule has 1 aliphatic heterocycles. The van der Waals surface area contributed by atoms with E-state index >= 15 is 0 Å². The minimum absolute atomic E-state index is 0.135. The maximum absolute atomic E-state index is 12.1. The SMILES string of the molecule is Cc1ccc(NC(=O)NCC2CCCN(c3nccs3)C2)cc1C. The minimum Gasteiger partial charge on any atom is -0.348 e. The van der Waals surface area contributed by atoms with Gasteiger partial charge in [-0.3, -0.25) is 0 Å². The first-order valence-electron chi connectivity index (χ1n) is 8.38. The van der Waals surface area contributed by atoms with Crippen LogP contribution in [0.4, 0.5) is 15.6 Å². The monoisotopic (exact) mass is 344 g/mol. The molecule has 0 radical (unpaired) electrons. The number of aryl methyl sites for hydroxylation is 2. The molecule has 6 heteroatoms. The highest BCUT2D eigenvalue weighted by Gasteiger charge is 2.21. The van der Waals surface area contributed by atoms with Crippen molar-refractivity contribution in [3.63, 3.8) is 0 Å². The van der Waals surface area contributed by atoms with E-state index in [4.69, 9.17) is 0 Å². The lowest BCUT2D eigenvalue weighted by molar-refractivity contribution is 0.249. The minimum atomic E-state index is -0.135. The van der Waals surface area contributed by atoms with E-state index in [1.165, 1.54) is 11.1 Å². The Kier molecular flexibility index (Phi) is 5.35. The van der Waals surface area contributed by atoms with Crippen LogP contribution in [0, 0.1) is 19.8 Å². The lowest BCUT2D eigenvalue weighted by atomic mass is 9.98. The molecular weight excluding hydrogens is 320 g/mol. The molecule has 24 heavy (non-hydrogen) atoms. The number of thiazole rings is 1. The molecule has 1 aromatic heterocycles. The summed E-state index contributed by atoms with van der Waals surface area (Å²) in [4.78, 5) is 18.8. The van der Waals surface area contributed by atoms with Crippen LogP contribution in [0.5, 0.6) is 0 Å². The summed E-state index contributed by atoms with van der Waals surface area (Å²) in [6.45, 7) is 6.82. The summed E-state index contributed by atoms with van der Waals surface area (Å²) in [5, 5.41) is 9.01. The van der Waals surface area contributed by atoms with Crippen molar-refractivity contribution in [2.45, 2.75) is 26.7 Å². The van der Waals surface area contributed by atoms with Gasteiger partial charge in [-0.15, -0.1) is 11.3 Å². The molecule has 0 aliphatic carbocycles. The Morgan fingerprint density at radius 1 is 1.38 bits per heavy atom. The van der Waals surface area contributed by atoms with Gasteiger partial charge in [-0.1, -0.05) is 6.07 Å². The average Bonchev–Trinajstić information content (AvgIpc) is 3.11. The summed E-state index contributed by atoms with van der Waals surface area (Å²) in [5.41, 5.74) is 3.24. The van der Waals surface area contributed by atoms with Crippen molar-refractivity contribution in [2.24, 2.45) is 5.92 Å². The summed E-state index contributed by atoms with van der Waals surface area (Å²) in [7, 11) is 0. The highest BCUT2D eigenvalue weighted by Crippen LogP contribution is 2.24. The fourth-order valence-corrected chi connectivity index (χ4v) is 3.69. The first-order valence-corrected chi connectivity index (χ1v) is 9.26. The van der Waals surface area contributed by atoms with E-state index in [0.717, 1.165) is 36.8 Å². The van der Waals surface area contributed by atoms with Crippen LogP contribution < -0.4 is 15.5 Å². The van der Waals surface area contributed by atoms with Crippen LogP contribution in [-0.4, -0.2) is 30.6 Å². The molecule has 0 bridgehead atoms. The van der Waals surface area contributed by atoms with Crippen molar-refractivity contribution in [2.75, 3.05) is 29.9 Å². The van der Waals surface area contributed by atoms with Gasteiger partial charge in [0.05, 0.1) is 0 Å². The summed E-state index contributed by atoms with van der Waals surface area (Å²) in [5.74, 6) is 0.466. The van der Waals surface area contributed by atoms with Crippen LogP contribution in [-0.2, 0) is 0 Å². The van der Waals surface area contributed by atoms with Gasteiger partial charge in [0.15, 0.2) is 5.13 Å². The third-order valence-electron chi connectivity index (χ3n) is 4.52. The van der Waals surface area contributed by atoms with Crippen molar-refractivity contribution >= 4 is 28.2 Å². The van der Waals surface area contributed by atoms with E-state index in [1.54, 1.807) is 11.3 Å². The molecule has 1 saturated heterocycles. The lowest BCUT2D eigenvalue weighted by Crippen LogP contribution is -2.42. The highest BCUT2D eigenvalue weighted by atomic mass is 32.1. The number of nitrogens with one attached hydrogen (secondary N) is 2. The standard InChI is InChI=1S/C18H24N4OS/c1-13-5-6-16(10-14(13)2)21-17(23)20-11-15-4-3-8-22(12-15)18-19-7-9-24-18/h5-7,9-10,15H,3-4,8,11-12H2,1-2H3,(H2,20,21,23). The fraction of sp³-hybridized carbons (Fsp3) is 0.444. The summed E-state index contributed by atoms with van der Waals surface area (Å²) in [6, 6.07) is 5.83. The van der Waals surface area contributed by atoms with E-state index in [-0.39, 0.29) is 6.03 Å². The van der Waals surface area contributed by atoms with E-state index in [1.807, 2.05) is 36.7 Å². The molecule has 2 aromatic rings. The highest BCUT2D eigenvalue weighted by molar-refractivity contribution is 7.13. The van der Waals surface area contributed by atoms with Gasteiger partial charge < -0.3 is 15.5 Å². The van der Waals surface area contributed by atoms with Gasteiger partial charge >= 0.3 is 6.03 Å². The summed E-state index contributed by atoms with van der Waals surface area (Å²) in [6.07, 6.45) is 4.13. The third-order valence-corrected chi connectivity index (χ3v) is 5.36. The molecule has 5 nitrogen and oxygen atoms in total. The number of urea groups is 1. The normalized spacial score (nSPS) is 17.6. The van der Waals surface area contributed by atoms with Crippen molar-refractivity contribution in [3.05, 3.63) is 40.9 Å². The second kappa shape index (κ2) is 7.66. The molecule has 2 amide bonds. The smallest absolute Gasteiger partial charge is 0.319 e. The molecule has 2 heterocycles. The van der Waals surface area contributed by atoms with Crippen molar-refractivity contribution in [1.82, 2.24) is 10.3 Å². The number of aromatic nitrogens is 1. The Morgan fingerprint density at radius 3 is 3.00 bits per heavy atom. The number of amides is 2. The Balaban J connectivity index is 1.48. The van der Waals surface area contributed by atoms with Crippen LogP contribution in [0.3, 0.4) is 0 Å². The number of nitrogens with zero attached hydrogens (tertiary/aromatic N) is 2. The zero-order valence-electron chi connectivity index (χ0n) is 14.2. The van der Waals surface area contributed by atoms with E-state index in [0.29, 0.717) is 12.5 Å². The maximum Gasteiger partial charge on any atom is 0.319 e. The van der Waals surface area contributed by atoms with Crippen molar-refractivity contribution < 1.29 is 4.79 Å². The third kappa shape index (κ3) is 4.26. The number of hydrogen-bond acceptors (Lipinski definition) is 4. The Hall–Kier alpha value is -2.08. The number of carbonyl (C=O) groups is 1. The van der Waals surface area contributed by atoms with Crippen LogP contribution >= 0.6 is 11.3 Å². The molecule has 1 atom stereocenters. The van der Waals surface area contributed by atoms with Crippen LogP contribution in [0.2, 0.25) is 0 Å². The average molecular weight is 344 g/mol. The molecule has 0 saturated carbocycles. The Bertz CT molecular complexity index is 686. The van der Waals surface area contributed by atoms with E-state index in [9.17, 15) is 4.79 Å². The first kappa shape index (κ1) is 16.8. The second-order valence-corrected chi connectivity index (χ2v) is 7.28. The van der Waals surface area contributed by atoms with Crippen LogP contribution in [0.25, 0.3) is 0 Å². The molecule has 1 unspecified atom stereocenters. The molecule has 1 aromatic carbocycles. The van der Waals surface area contributed by atoms with Gasteiger partial charge in [-0.2, -0.15) is 0 Å². The summed E-state index contributed by atoms with van der Waals surface area (Å²) >= 11 is 1.68. The molecule has 1 aliphatic rings. The Labute approximate surface area is 147 Å². The van der Waals surface area contributed by atoms with Crippen LogP contribution in [0.15, 0.2) is 29.8 Å². The predicted octanol–water partition coefficient (Wildman–Crippen LogP) is 3.80. The zero-order valence-corrected chi connectivity index (χ0v) is 15.0. The number of rotatable bonds is 4. The maximum atomic E-state index is 12.1. The number of carbonyl (C=O) groups excluding carboxylic acids is 1. The first-order chi connectivity index (χ1) is 11.6.